The van der Waals surface area contributed by atoms with Crippen LogP contribution in [0.4, 0.5) is 5.69 Å². The molecule has 1 heterocycles. The van der Waals surface area contributed by atoms with Crippen LogP contribution in [0.25, 0.3) is 0 Å². The number of anilines is 1. The van der Waals surface area contributed by atoms with E-state index in [1.165, 1.54) is 0 Å². The second-order valence-corrected chi connectivity index (χ2v) is 1.64. The summed E-state index contributed by atoms with van der Waals surface area (Å²) in [6.07, 6.45) is 3.35. The summed E-state index contributed by atoms with van der Waals surface area (Å²) in [5.74, 6) is 0. The van der Waals surface area contributed by atoms with Crippen molar-refractivity contribution in [1.29, 1.82) is 0 Å². The van der Waals surface area contributed by atoms with Gasteiger partial charge in [-0.25, -0.2) is 0 Å². The van der Waals surface area contributed by atoms with Crippen LogP contribution in [-0.2, 0) is 0 Å². The van der Waals surface area contributed by atoms with Crippen molar-refractivity contribution in [3.63, 3.8) is 0 Å². The van der Waals surface area contributed by atoms with Crippen LogP contribution in [0.3, 0.4) is 0 Å². The summed E-state index contributed by atoms with van der Waals surface area (Å²) in [6, 6.07) is 3.60. The molecule has 0 amide bonds. The lowest BCUT2D eigenvalue weighted by Gasteiger charge is -1.98. The summed E-state index contributed by atoms with van der Waals surface area (Å²) in [6.45, 7) is 0. The Morgan fingerprint density at radius 3 is 2.56 bits per heavy atom. The van der Waals surface area contributed by atoms with Gasteiger partial charge in [-0.15, -0.1) is 4.94 Å². The van der Waals surface area contributed by atoms with Gasteiger partial charge in [-0.3, -0.25) is 4.98 Å². The molecule has 0 bridgehead atoms. The Hall–Kier alpha value is -0.800. The smallest absolute Gasteiger partial charge is 0.0530 e. The van der Waals surface area contributed by atoms with Gasteiger partial charge in [0.15, 0.2) is 0 Å². The third-order valence-electron chi connectivity index (χ3n) is 0.872. The molecule has 1 aromatic heterocycles. The van der Waals surface area contributed by atoms with Crippen LogP contribution < -0.4 is 10.4 Å². The third kappa shape index (κ3) is 1.87. The highest BCUT2D eigenvalue weighted by Crippen LogP contribution is 1.99. The minimum absolute atomic E-state index is 0.889. The molecule has 0 fully saturated rings. The molecule has 1 rings (SSSR count). The quantitative estimate of drug-likeness (QED) is 0.482. The summed E-state index contributed by atoms with van der Waals surface area (Å²) < 4.78 is 0. The molecule has 0 spiro atoms. The monoisotopic (exact) mass is 143 g/mol. The van der Waals surface area contributed by atoms with Crippen molar-refractivity contribution in [3.05, 3.63) is 24.5 Å². The summed E-state index contributed by atoms with van der Waals surface area (Å²) in [4.78, 5) is 6.10. The highest BCUT2D eigenvalue weighted by Gasteiger charge is 1.82. The standard InChI is InChI=1S/C5H6ClN3/c6-9-8-5-1-3-7-4-2-5/h1-4,9H,(H,7,8). The van der Waals surface area contributed by atoms with E-state index in [-0.39, 0.29) is 0 Å². The Labute approximate surface area is 58.1 Å². The Morgan fingerprint density at radius 1 is 1.33 bits per heavy atom. The fourth-order valence-corrected chi connectivity index (χ4v) is 0.599. The van der Waals surface area contributed by atoms with Gasteiger partial charge in [0.1, 0.15) is 0 Å². The number of hydrogen-bond donors (Lipinski definition) is 2. The lowest BCUT2D eigenvalue weighted by molar-refractivity contribution is 1.19. The first-order valence-corrected chi connectivity index (χ1v) is 2.83. The van der Waals surface area contributed by atoms with E-state index in [4.69, 9.17) is 11.8 Å². The molecule has 48 valence electrons. The predicted molar refractivity (Wildman–Crippen MR) is 36.8 cm³/mol. The number of rotatable bonds is 2. The van der Waals surface area contributed by atoms with Crippen LogP contribution in [0.2, 0.25) is 0 Å². The number of nitrogens with one attached hydrogen (secondary N) is 2. The Kier molecular flexibility index (Phi) is 2.30. The van der Waals surface area contributed by atoms with E-state index in [0.717, 1.165) is 5.69 Å². The maximum atomic E-state index is 5.15. The van der Waals surface area contributed by atoms with Crippen LogP contribution in [0, 0.1) is 0 Å². The molecule has 0 unspecified atom stereocenters. The highest BCUT2D eigenvalue weighted by atomic mass is 35.5. The summed E-state index contributed by atoms with van der Waals surface area (Å²) >= 11 is 5.15. The van der Waals surface area contributed by atoms with E-state index in [1.807, 2.05) is 0 Å². The normalized spacial score (nSPS) is 9.00. The lowest BCUT2D eigenvalue weighted by Crippen LogP contribution is -2.07. The highest BCUT2D eigenvalue weighted by molar-refractivity contribution is 6.13. The first-order valence-electron chi connectivity index (χ1n) is 2.45. The zero-order valence-electron chi connectivity index (χ0n) is 4.63. The topological polar surface area (TPSA) is 37.0 Å². The van der Waals surface area contributed by atoms with Crippen LogP contribution in [0.5, 0.6) is 0 Å². The number of hydrogen-bond acceptors (Lipinski definition) is 3. The van der Waals surface area contributed by atoms with Gasteiger partial charge in [0.25, 0.3) is 0 Å². The molecule has 0 aliphatic carbocycles. The van der Waals surface area contributed by atoms with Gasteiger partial charge in [0.05, 0.1) is 5.69 Å². The molecule has 0 aliphatic rings. The van der Waals surface area contributed by atoms with E-state index in [9.17, 15) is 0 Å². The fraction of sp³-hybridized carbons (Fsp3) is 0. The Bertz CT molecular complexity index is 165. The SMILES string of the molecule is ClNNc1ccncc1. The van der Waals surface area contributed by atoms with Crippen molar-refractivity contribution >= 4 is 17.5 Å². The molecule has 0 radical (unpaired) electrons. The number of halogens is 1. The summed E-state index contributed by atoms with van der Waals surface area (Å²) in [7, 11) is 0. The van der Waals surface area contributed by atoms with E-state index in [1.54, 1.807) is 24.5 Å². The molecule has 0 saturated heterocycles. The average Bonchev–Trinajstić information content (AvgIpc) is 1.91. The number of nitrogens with zero attached hydrogens (tertiary/aromatic N) is 1. The molecule has 1 aromatic rings. The predicted octanol–water partition coefficient (Wildman–Crippen LogP) is 1.15. The fourth-order valence-electron chi connectivity index (χ4n) is 0.490. The lowest BCUT2D eigenvalue weighted by atomic mass is 10.4. The van der Waals surface area contributed by atoms with Gasteiger partial charge >= 0.3 is 0 Å². The molecule has 0 aliphatic heterocycles. The van der Waals surface area contributed by atoms with Gasteiger partial charge in [0.2, 0.25) is 0 Å². The Balaban J connectivity index is 2.61. The number of hydrazine groups is 1. The minimum Gasteiger partial charge on any atom is -0.308 e. The largest absolute Gasteiger partial charge is 0.308 e. The molecule has 0 atom stereocenters. The maximum Gasteiger partial charge on any atom is 0.0530 e. The molecule has 3 nitrogen and oxygen atoms in total. The number of pyridine rings is 1. The van der Waals surface area contributed by atoms with Crippen molar-refractivity contribution in [2.45, 2.75) is 0 Å². The van der Waals surface area contributed by atoms with Gasteiger partial charge in [-0.05, 0) is 23.9 Å². The molecule has 0 aromatic carbocycles. The maximum absolute atomic E-state index is 5.15. The molecule has 9 heavy (non-hydrogen) atoms. The van der Waals surface area contributed by atoms with Crippen LogP contribution in [0.15, 0.2) is 24.5 Å². The zero-order valence-corrected chi connectivity index (χ0v) is 5.39. The second kappa shape index (κ2) is 3.27. The van der Waals surface area contributed by atoms with Gasteiger partial charge in [0, 0.05) is 12.4 Å². The van der Waals surface area contributed by atoms with Crippen molar-refractivity contribution in [2.75, 3.05) is 5.43 Å². The molecule has 2 N–H and O–H groups in total. The Morgan fingerprint density at radius 2 is 2.00 bits per heavy atom. The van der Waals surface area contributed by atoms with Crippen LogP contribution in [0.1, 0.15) is 0 Å². The molecular formula is C5H6ClN3. The zero-order chi connectivity index (χ0) is 6.53. The number of aromatic nitrogens is 1. The van der Waals surface area contributed by atoms with Crippen molar-refractivity contribution in [1.82, 2.24) is 9.93 Å². The van der Waals surface area contributed by atoms with Crippen molar-refractivity contribution in [2.24, 2.45) is 0 Å². The average molecular weight is 144 g/mol. The van der Waals surface area contributed by atoms with Gasteiger partial charge in [-0.1, -0.05) is 0 Å². The first kappa shape index (κ1) is 6.32. The van der Waals surface area contributed by atoms with Gasteiger partial charge in [-0.2, -0.15) is 0 Å². The van der Waals surface area contributed by atoms with Gasteiger partial charge < -0.3 is 5.43 Å². The molecule has 4 heteroatoms. The first-order chi connectivity index (χ1) is 4.43. The van der Waals surface area contributed by atoms with E-state index < -0.39 is 0 Å². The van der Waals surface area contributed by atoms with E-state index >= 15 is 0 Å². The summed E-state index contributed by atoms with van der Waals surface area (Å²) in [5, 5.41) is 0. The van der Waals surface area contributed by atoms with Crippen molar-refractivity contribution in [3.8, 4) is 0 Å². The minimum atomic E-state index is 0.889. The van der Waals surface area contributed by atoms with Crippen molar-refractivity contribution < 1.29 is 0 Å². The second-order valence-electron chi connectivity index (χ2n) is 1.46. The molecular weight excluding hydrogens is 138 g/mol. The van der Waals surface area contributed by atoms with Crippen LogP contribution in [-0.4, -0.2) is 4.98 Å². The van der Waals surface area contributed by atoms with E-state index in [2.05, 4.69) is 15.4 Å². The molecule has 0 saturated carbocycles. The van der Waals surface area contributed by atoms with Crippen LogP contribution >= 0.6 is 11.8 Å². The van der Waals surface area contributed by atoms with E-state index in [0.29, 0.717) is 0 Å². The summed E-state index contributed by atoms with van der Waals surface area (Å²) in [5.41, 5.74) is 3.57. The third-order valence-corrected chi connectivity index (χ3v) is 0.966.